The van der Waals surface area contributed by atoms with Crippen LogP contribution in [-0.2, 0) is 95.9 Å². The molecule has 12 aromatic rings. The molecule has 0 atom stereocenters. The number of unbranched alkanes of at least 4 members (excludes halogenated alkanes) is 3. The van der Waals surface area contributed by atoms with Crippen molar-refractivity contribution in [2.75, 3.05) is 76.5 Å². The number of hydrogen-bond donors (Lipinski definition) is 14. The third-order valence-electron chi connectivity index (χ3n) is 20.5. The van der Waals surface area contributed by atoms with Crippen LogP contribution in [0, 0.1) is 0 Å². The van der Waals surface area contributed by atoms with E-state index in [9.17, 15) is 63.5 Å². The van der Waals surface area contributed by atoms with Gasteiger partial charge in [-0.05, 0) is 179 Å². The number of carbonyl (C=O) groups excluding carboxylic acids is 3. The number of amides is 3. The summed E-state index contributed by atoms with van der Waals surface area (Å²) < 4.78 is 55.9. The van der Waals surface area contributed by atoms with Crippen molar-refractivity contribution in [3.05, 3.63) is 198 Å². The summed E-state index contributed by atoms with van der Waals surface area (Å²) in [5, 5.41) is 52.6. The summed E-state index contributed by atoms with van der Waals surface area (Å²) in [6.07, 6.45) is 18.4. The molecule has 0 bridgehead atoms. The molecule has 6 aromatic heterocycles. The number of benzene rings is 6. The van der Waals surface area contributed by atoms with E-state index in [1.807, 2.05) is 39.5 Å². The number of aryl methyl sites for hydroxylation is 6. The van der Waals surface area contributed by atoms with Crippen LogP contribution in [0.15, 0.2) is 147 Å². The molecule has 0 aliphatic rings. The molecule has 0 saturated heterocycles. The molecule has 3 amide bonds. The molecule has 6 aromatic carbocycles. The number of rotatable bonds is 46. The highest BCUT2D eigenvalue weighted by Crippen LogP contribution is 2.46. The first kappa shape index (κ1) is 95.2. The van der Waals surface area contributed by atoms with Gasteiger partial charge in [-0.15, -0.1) is 0 Å². The lowest BCUT2D eigenvalue weighted by atomic mass is 10.1. The van der Waals surface area contributed by atoms with Crippen LogP contribution in [0.2, 0.25) is 0 Å². The largest absolute Gasteiger partial charge is 0.524 e. The molecule has 12 rings (SSSR count). The summed E-state index contributed by atoms with van der Waals surface area (Å²) in [4.78, 5) is 99.5. The molecule has 0 unspecified atom stereocenters. The molecule has 17 N–H and O–H groups in total. The molecule has 35 heteroatoms. The number of ether oxygens (including phenoxy) is 3. The number of aromatic nitrogens is 9. The zero-order valence-electron chi connectivity index (χ0n) is 70.8. The summed E-state index contributed by atoms with van der Waals surface area (Å²) in [5.41, 5.74) is 30.2. The van der Waals surface area contributed by atoms with Crippen LogP contribution in [0.1, 0.15) is 149 Å². The number of nitrogen functional groups attached to an aromatic ring is 3. The molecule has 125 heavy (non-hydrogen) atoms. The van der Waals surface area contributed by atoms with Crippen molar-refractivity contribution < 1.29 is 86.8 Å². The predicted octanol–water partition coefficient (Wildman–Crippen LogP) is 13.4. The maximum Gasteiger partial charge on any atom is 0.524 e. The van der Waals surface area contributed by atoms with Gasteiger partial charge in [0.05, 0.1) is 52.7 Å². The standard InChI is InChI=1S/2C30H38N5O7P.C30H37N5O4/c1-3-5-12-25-34-27-28(35(25)19-21-10-6-11-24(29(21)37)42-43(38,39)40)22-18-20(13-14-23(22)33-30(27)31)9-7-16-41-17-8-15-32-26(36)4-2;1-3-5-12-25-34-27-28(35(25)19-21-10-6-11-24(36)29(21)42-43(38,39)40)22-18-20(13-14-23(22)33-30(27)31)9-7-16-41-17-8-15-32-26(37)4-2;1-3-5-9-26-34-28-29(35(26)19-21-18-22(36)11-13-25(21)37)23-17-20(10-12-24(23)33-30(28)31)8-6-15-39-16-7-14-32-27(38)4-2/h4,6,10-11,13-14,18,37H,2-3,5,7-9,12,15-17,19H2,1H3,(H2,31,33)(H,32,36)(H2,38,39,40);4,6,10-11,13-14,18,36H,2-3,5,7-9,12,15-17,19H2,1H3,(H2,31,33)(H,32,37)(H2,38,39,40);4,10-13,17-18,36-37H,2-3,5-9,14-16,19H2,1H3,(H2,31,33)(H,32,38). The van der Waals surface area contributed by atoms with Gasteiger partial charge >= 0.3 is 15.6 Å². The van der Waals surface area contributed by atoms with Crippen molar-refractivity contribution in [1.82, 2.24) is 59.6 Å². The maximum atomic E-state index is 11.7. The molecule has 6 heterocycles. The van der Waals surface area contributed by atoms with Gasteiger partial charge in [0.15, 0.2) is 40.5 Å². The number of phenols is 4. The number of phosphoric ester groups is 2. The third kappa shape index (κ3) is 26.8. The van der Waals surface area contributed by atoms with Gasteiger partial charge in [0.2, 0.25) is 17.7 Å². The van der Waals surface area contributed by atoms with Crippen molar-refractivity contribution >= 4 is 117 Å². The Kier molecular flexibility index (Phi) is 35.1. The highest BCUT2D eigenvalue weighted by Gasteiger charge is 2.28. The second-order valence-electron chi connectivity index (χ2n) is 30.0. The number of aromatic hydroxyl groups is 4. The number of hydrogen-bond acceptors (Lipinski definition) is 23. The SMILES string of the molecule is C=CC(=O)NCCCOCCCc1ccc2nc(N)c3nc(CCCC)n(Cc4cc(O)ccc4O)c3c2c1.C=CC(=O)NCCCOCCCc1ccc2nc(N)c3nc(CCCC)n(Cc4cccc(O)c4OP(=O)(O)O)c3c2c1.C=CC(=O)NCCCOCCCc1ccc2nc(N)c3nc(CCCC)n(Cc4cccc(OP(=O)(O)O)c4O)c3c2c1. The first-order chi connectivity index (χ1) is 60.1. The molecule has 666 valence electrons. The number of carbonyl (C=O) groups is 3. The Hall–Kier alpha value is -12.0. The number of nitrogens with two attached hydrogens (primary N) is 3. The lowest BCUT2D eigenvalue weighted by Crippen LogP contribution is -2.22. The Morgan fingerprint density at radius 1 is 0.416 bits per heavy atom. The van der Waals surface area contributed by atoms with Gasteiger partial charge in [0.25, 0.3) is 0 Å². The second kappa shape index (κ2) is 46.1. The van der Waals surface area contributed by atoms with E-state index in [4.69, 9.17) is 55.4 Å². The van der Waals surface area contributed by atoms with Crippen LogP contribution in [-0.4, -0.2) is 161 Å². The van der Waals surface area contributed by atoms with E-state index >= 15 is 0 Å². The topological polar surface area (TPSA) is 500 Å². The Morgan fingerprint density at radius 3 is 1.15 bits per heavy atom. The first-order valence-electron chi connectivity index (χ1n) is 41.9. The molecule has 0 fully saturated rings. The van der Waals surface area contributed by atoms with Gasteiger partial charge < -0.3 is 90.5 Å². The summed E-state index contributed by atoms with van der Waals surface area (Å²) in [5.74, 6) is 1.67. The lowest BCUT2D eigenvalue weighted by molar-refractivity contribution is -0.117. The predicted molar refractivity (Wildman–Crippen MR) is 484 cm³/mol. The first-order valence-corrected chi connectivity index (χ1v) is 45.0. The van der Waals surface area contributed by atoms with E-state index in [1.165, 1.54) is 42.5 Å². The van der Waals surface area contributed by atoms with Gasteiger partial charge in [-0.2, -0.15) is 0 Å². The van der Waals surface area contributed by atoms with Crippen LogP contribution in [0.3, 0.4) is 0 Å². The van der Waals surface area contributed by atoms with E-state index in [2.05, 4.69) is 100 Å². The van der Waals surface area contributed by atoms with Crippen LogP contribution in [0.5, 0.6) is 34.5 Å². The molecule has 33 nitrogen and oxygen atoms in total. The Balaban J connectivity index is 0.000000196. The number of pyridine rings is 3. The van der Waals surface area contributed by atoms with Gasteiger partial charge in [-0.1, -0.05) is 102 Å². The monoisotopic (exact) mass is 1750 g/mol. The van der Waals surface area contributed by atoms with Crippen LogP contribution < -0.4 is 42.2 Å². The van der Waals surface area contributed by atoms with Crippen LogP contribution in [0.4, 0.5) is 17.5 Å². The second-order valence-corrected chi connectivity index (χ2v) is 32.3. The Morgan fingerprint density at radius 2 is 0.776 bits per heavy atom. The molecular weight excluding hydrogens is 1640 g/mol. The van der Waals surface area contributed by atoms with E-state index in [0.717, 1.165) is 169 Å². The summed E-state index contributed by atoms with van der Waals surface area (Å²) >= 11 is 0. The van der Waals surface area contributed by atoms with Crippen molar-refractivity contribution in [3.8, 4) is 34.5 Å². The molecule has 0 aliphatic carbocycles. The highest BCUT2D eigenvalue weighted by molar-refractivity contribution is 7.47. The van der Waals surface area contributed by atoms with E-state index in [-0.39, 0.29) is 71.1 Å². The number of nitrogens with zero attached hydrogens (tertiary/aromatic N) is 9. The smallest absolute Gasteiger partial charge is 0.508 e. The number of imidazole rings is 3. The number of fused-ring (bicyclic) bond motifs is 9. The van der Waals surface area contributed by atoms with Gasteiger partial charge in [0.1, 0.15) is 45.5 Å². The van der Waals surface area contributed by atoms with E-state index in [0.29, 0.717) is 141 Å². The summed E-state index contributed by atoms with van der Waals surface area (Å²) in [6.45, 7) is 22.3. The fraction of sp³-hybridized carbons (Fsp3) is 0.367. The quantitative estimate of drug-likeness (QED) is 0.00729. The van der Waals surface area contributed by atoms with Gasteiger partial charge in [0, 0.05) is 111 Å². The van der Waals surface area contributed by atoms with Crippen molar-refractivity contribution in [2.45, 2.75) is 156 Å². The van der Waals surface area contributed by atoms with Gasteiger partial charge in [-0.25, -0.2) is 39.0 Å². The minimum absolute atomic E-state index is 0.0967. The number of phosphoric acid groups is 2. The fourth-order valence-electron chi connectivity index (χ4n) is 14.4. The lowest BCUT2D eigenvalue weighted by Gasteiger charge is -2.16. The minimum Gasteiger partial charge on any atom is -0.508 e. The normalized spacial score (nSPS) is 11.6. The average molecular weight is 1750 g/mol. The molecule has 0 spiro atoms. The van der Waals surface area contributed by atoms with Gasteiger partial charge in [-0.3, -0.25) is 34.0 Å². The molecule has 0 radical (unpaired) electrons. The van der Waals surface area contributed by atoms with Crippen molar-refractivity contribution in [2.24, 2.45) is 0 Å². The molecule has 0 saturated carbocycles. The number of anilines is 3. The number of nitrogens with one attached hydrogen (secondary N) is 3. The summed E-state index contributed by atoms with van der Waals surface area (Å²) in [6, 6.07) is 31.8. The number of para-hydroxylation sites is 2. The van der Waals surface area contributed by atoms with Crippen LogP contribution >= 0.6 is 15.6 Å². The third-order valence-corrected chi connectivity index (χ3v) is 21.4. The average Bonchev–Trinajstić information content (AvgIpc) is 1.61. The zero-order valence-corrected chi connectivity index (χ0v) is 72.6. The molecular formula is C90H113N15O18P2. The minimum atomic E-state index is -4.94. The van der Waals surface area contributed by atoms with Crippen LogP contribution in [0.25, 0.3) is 65.8 Å². The number of phenolic OH excluding ortho intramolecular Hbond substituents is 4. The van der Waals surface area contributed by atoms with E-state index in [1.54, 1.807) is 30.3 Å². The molecule has 0 aliphatic heterocycles. The fourth-order valence-corrected chi connectivity index (χ4v) is 15.3. The maximum absolute atomic E-state index is 11.7. The van der Waals surface area contributed by atoms with E-state index < -0.39 is 15.6 Å². The van der Waals surface area contributed by atoms with Crippen molar-refractivity contribution in [1.29, 1.82) is 0 Å². The highest BCUT2D eigenvalue weighted by atomic mass is 31.2. The Labute approximate surface area is 724 Å². The Bertz CT molecular complexity index is 5880. The van der Waals surface area contributed by atoms with Crippen molar-refractivity contribution in [3.63, 3.8) is 0 Å². The zero-order chi connectivity index (χ0) is 89.7. The summed E-state index contributed by atoms with van der Waals surface area (Å²) in [7, 11) is -9.80.